The molecule has 0 bridgehead atoms. The maximum absolute atomic E-state index is 6.02. The fourth-order valence-corrected chi connectivity index (χ4v) is 2.25. The molecule has 0 radical (unpaired) electrons. The second kappa shape index (κ2) is 7.12. The molecule has 0 aliphatic heterocycles. The van der Waals surface area contributed by atoms with Crippen LogP contribution in [-0.4, -0.2) is 25.0 Å². The lowest BCUT2D eigenvalue weighted by molar-refractivity contribution is 0.138. The van der Waals surface area contributed by atoms with E-state index in [0.717, 1.165) is 15.7 Å². The zero-order valence-electron chi connectivity index (χ0n) is 8.78. The number of ether oxygens (including phenoxy) is 1. The standard InChI is InChI=1S/C11H16ClNOS/c1-2-14-7-9(13)8-15-11-6-4-3-5-10(11)12/h3-6,9H,2,7-8,13H2,1H3. The van der Waals surface area contributed by atoms with E-state index < -0.39 is 0 Å². The quantitative estimate of drug-likeness (QED) is 0.783. The average molecular weight is 246 g/mol. The third-order valence-electron chi connectivity index (χ3n) is 1.83. The first-order valence-corrected chi connectivity index (χ1v) is 6.31. The molecule has 0 heterocycles. The van der Waals surface area contributed by atoms with Gasteiger partial charge in [-0.15, -0.1) is 11.8 Å². The zero-order chi connectivity index (χ0) is 11.1. The summed E-state index contributed by atoms with van der Waals surface area (Å²) in [5, 5.41) is 0.783. The number of nitrogens with two attached hydrogens (primary N) is 1. The molecule has 1 aromatic rings. The second-order valence-corrected chi connectivity index (χ2v) is 4.63. The van der Waals surface area contributed by atoms with Crippen LogP contribution in [0.2, 0.25) is 5.02 Å². The minimum absolute atomic E-state index is 0.0613. The van der Waals surface area contributed by atoms with Gasteiger partial charge in [-0.2, -0.15) is 0 Å². The van der Waals surface area contributed by atoms with Crippen molar-refractivity contribution in [2.75, 3.05) is 19.0 Å². The third-order valence-corrected chi connectivity index (χ3v) is 3.53. The Kier molecular flexibility index (Phi) is 6.10. The first kappa shape index (κ1) is 12.8. The Morgan fingerprint density at radius 2 is 2.20 bits per heavy atom. The SMILES string of the molecule is CCOCC(N)CSc1ccccc1Cl. The number of hydrogen-bond acceptors (Lipinski definition) is 3. The van der Waals surface area contributed by atoms with Gasteiger partial charge in [-0.1, -0.05) is 23.7 Å². The number of thioether (sulfide) groups is 1. The van der Waals surface area contributed by atoms with Crippen molar-refractivity contribution < 1.29 is 4.74 Å². The molecule has 84 valence electrons. The molecule has 1 aromatic carbocycles. The predicted molar refractivity (Wildman–Crippen MR) is 66.6 cm³/mol. The van der Waals surface area contributed by atoms with Crippen LogP contribution in [0.25, 0.3) is 0 Å². The molecular weight excluding hydrogens is 230 g/mol. The van der Waals surface area contributed by atoms with Crippen LogP contribution in [0.1, 0.15) is 6.92 Å². The molecule has 0 aromatic heterocycles. The summed E-state index contributed by atoms with van der Waals surface area (Å²) in [6, 6.07) is 7.85. The predicted octanol–water partition coefficient (Wildman–Crippen LogP) is 2.80. The van der Waals surface area contributed by atoms with Crippen LogP contribution >= 0.6 is 23.4 Å². The molecule has 0 aliphatic carbocycles. The van der Waals surface area contributed by atoms with Gasteiger partial charge in [0.2, 0.25) is 0 Å². The van der Waals surface area contributed by atoms with Crippen molar-refractivity contribution in [3.05, 3.63) is 29.3 Å². The lowest BCUT2D eigenvalue weighted by atomic mass is 10.4. The molecule has 15 heavy (non-hydrogen) atoms. The first-order chi connectivity index (χ1) is 7.24. The minimum Gasteiger partial charge on any atom is -0.380 e. The van der Waals surface area contributed by atoms with Crippen LogP contribution in [0.5, 0.6) is 0 Å². The van der Waals surface area contributed by atoms with Gasteiger partial charge >= 0.3 is 0 Å². The number of rotatable bonds is 6. The third kappa shape index (κ3) is 4.89. The maximum Gasteiger partial charge on any atom is 0.0625 e. The lowest BCUT2D eigenvalue weighted by Crippen LogP contribution is -2.28. The zero-order valence-corrected chi connectivity index (χ0v) is 10.4. The Morgan fingerprint density at radius 3 is 2.87 bits per heavy atom. The molecule has 0 fully saturated rings. The molecule has 0 saturated carbocycles. The number of halogens is 1. The smallest absolute Gasteiger partial charge is 0.0625 e. The van der Waals surface area contributed by atoms with E-state index in [-0.39, 0.29) is 6.04 Å². The van der Waals surface area contributed by atoms with Crippen molar-refractivity contribution >= 4 is 23.4 Å². The van der Waals surface area contributed by atoms with Gasteiger partial charge in [-0.3, -0.25) is 0 Å². The number of hydrogen-bond donors (Lipinski definition) is 1. The van der Waals surface area contributed by atoms with Gasteiger partial charge in [0, 0.05) is 23.3 Å². The van der Waals surface area contributed by atoms with E-state index in [1.54, 1.807) is 11.8 Å². The van der Waals surface area contributed by atoms with Gasteiger partial charge in [0.25, 0.3) is 0 Å². The first-order valence-electron chi connectivity index (χ1n) is 4.94. The summed E-state index contributed by atoms with van der Waals surface area (Å²) >= 11 is 7.69. The molecule has 1 rings (SSSR count). The fraction of sp³-hybridized carbons (Fsp3) is 0.455. The Hall–Kier alpha value is -0.220. The van der Waals surface area contributed by atoms with Crippen LogP contribution in [0, 0.1) is 0 Å². The molecular formula is C11H16ClNOS. The van der Waals surface area contributed by atoms with Crippen molar-refractivity contribution in [2.24, 2.45) is 5.73 Å². The van der Waals surface area contributed by atoms with E-state index in [1.165, 1.54) is 0 Å². The van der Waals surface area contributed by atoms with Crippen LogP contribution < -0.4 is 5.73 Å². The molecule has 2 N–H and O–H groups in total. The minimum atomic E-state index is 0.0613. The Morgan fingerprint density at radius 1 is 1.47 bits per heavy atom. The highest BCUT2D eigenvalue weighted by Gasteiger charge is 2.05. The van der Waals surface area contributed by atoms with Crippen molar-refractivity contribution in [3.8, 4) is 0 Å². The lowest BCUT2D eigenvalue weighted by Gasteiger charge is -2.11. The molecule has 0 spiro atoms. The van der Waals surface area contributed by atoms with Crippen molar-refractivity contribution in [1.82, 2.24) is 0 Å². The average Bonchev–Trinajstić information content (AvgIpc) is 2.25. The molecule has 2 nitrogen and oxygen atoms in total. The van der Waals surface area contributed by atoms with Gasteiger partial charge in [0.05, 0.1) is 11.6 Å². The van der Waals surface area contributed by atoms with E-state index in [9.17, 15) is 0 Å². The summed E-state index contributed by atoms with van der Waals surface area (Å²) in [7, 11) is 0. The Labute approximate surface area is 100 Å². The summed E-state index contributed by atoms with van der Waals surface area (Å²) in [5.74, 6) is 0.823. The van der Waals surface area contributed by atoms with Crippen LogP contribution in [-0.2, 0) is 4.74 Å². The van der Waals surface area contributed by atoms with E-state index >= 15 is 0 Å². The highest BCUT2D eigenvalue weighted by molar-refractivity contribution is 7.99. The highest BCUT2D eigenvalue weighted by atomic mass is 35.5. The second-order valence-electron chi connectivity index (χ2n) is 3.16. The summed E-state index contributed by atoms with van der Waals surface area (Å²) < 4.78 is 5.24. The van der Waals surface area contributed by atoms with Crippen LogP contribution in [0.3, 0.4) is 0 Å². The fourth-order valence-electron chi connectivity index (χ4n) is 1.08. The summed E-state index contributed by atoms with van der Waals surface area (Å²) in [4.78, 5) is 1.08. The molecule has 1 atom stereocenters. The van der Waals surface area contributed by atoms with E-state index in [1.807, 2.05) is 31.2 Å². The van der Waals surface area contributed by atoms with Crippen LogP contribution in [0.15, 0.2) is 29.2 Å². The molecule has 1 unspecified atom stereocenters. The normalized spacial score (nSPS) is 12.7. The Bertz CT molecular complexity index is 296. The highest BCUT2D eigenvalue weighted by Crippen LogP contribution is 2.26. The summed E-state index contributed by atoms with van der Waals surface area (Å²) in [5.41, 5.74) is 5.87. The van der Waals surface area contributed by atoms with Gasteiger partial charge in [-0.05, 0) is 19.1 Å². The van der Waals surface area contributed by atoms with Crippen molar-refractivity contribution in [1.29, 1.82) is 0 Å². The van der Waals surface area contributed by atoms with Crippen molar-refractivity contribution in [2.45, 2.75) is 17.9 Å². The van der Waals surface area contributed by atoms with Gasteiger partial charge < -0.3 is 10.5 Å². The molecule has 0 amide bonds. The summed E-state index contributed by atoms with van der Waals surface area (Å²) in [6.07, 6.45) is 0. The Balaban J connectivity index is 2.33. The number of benzene rings is 1. The molecule has 0 aliphatic rings. The van der Waals surface area contributed by atoms with Crippen LogP contribution in [0.4, 0.5) is 0 Å². The largest absolute Gasteiger partial charge is 0.380 e. The maximum atomic E-state index is 6.02. The van der Waals surface area contributed by atoms with Gasteiger partial charge in [0.15, 0.2) is 0 Å². The molecule has 0 saturated heterocycles. The topological polar surface area (TPSA) is 35.2 Å². The van der Waals surface area contributed by atoms with E-state index in [0.29, 0.717) is 13.2 Å². The van der Waals surface area contributed by atoms with Gasteiger partial charge in [0.1, 0.15) is 0 Å². The summed E-state index contributed by atoms with van der Waals surface area (Å²) in [6.45, 7) is 3.28. The monoisotopic (exact) mass is 245 g/mol. The van der Waals surface area contributed by atoms with Gasteiger partial charge in [-0.25, -0.2) is 0 Å². The van der Waals surface area contributed by atoms with E-state index in [2.05, 4.69) is 0 Å². The van der Waals surface area contributed by atoms with E-state index in [4.69, 9.17) is 22.1 Å². The molecule has 4 heteroatoms. The van der Waals surface area contributed by atoms with Crippen molar-refractivity contribution in [3.63, 3.8) is 0 Å².